The van der Waals surface area contributed by atoms with Crippen LogP contribution in [0.25, 0.3) is 11.1 Å². The van der Waals surface area contributed by atoms with Crippen molar-refractivity contribution in [2.45, 2.75) is 58.9 Å². The van der Waals surface area contributed by atoms with Gasteiger partial charge in [0, 0.05) is 62.3 Å². The number of hydrogen-bond donors (Lipinski definition) is 1. The summed E-state index contributed by atoms with van der Waals surface area (Å²) in [6.07, 6.45) is 12.0. The van der Waals surface area contributed by atoms with Gasteiger partial charge >= 0.3 is 0 Å². The maximum atomic E-state index is 13.1. The summed E-state index contributed by atoms with van der Waals surface area (Å²) in [6, 6.07) is 17.1. The molecule has 1 amide bonds. The molecule has 5 aliphatic rings. The zero-order valence-electron chi connectivity index (χ0n) is 25.9. The quantitative estimate of drug-likeness (QED) is 0.305. The Morgan fingerprint density at radius 2 is 1.63 bits per heavy atom. The van der Waals surface area contributed by atoms with Crippen LogP contribution in [-0.4, -0.2) is 55.1 Å². The van der Waals surface area contributed by atoms with Crippen LogP contribution >= 0.6 is 0 Å². The van der Waals surface area contributed by atoms with E-state index in [9.17, 15) is 4.79 Å². The highest BCUT2D eigenvalue weighted by Gasteiger charge is 2.50. The zero-order chi connectivity index (χ0) is 29.4. The summed E-state index contributed by atoms with van der Waals surface area (Å²) in [5.41, 5.74) is 7.26. The van der Waals surface area contributed by atoms with Gasteiger partial charge in [0.15, 0.2) is 0 Å². The number of anilines is 1. The summed E-state index contributed by atoms with van der Waals surface area (Å²) in [5.74, 6) is 3.65. The van der Waals surface area contributed by atoms with Gasteiger partial charge in [0.2, 0.25) is 0 Å². The molecule has 6 nitrogen and oxygen atoms in total. The standard InChI is InChI=1S/C37H46N4O2/c1-3-43-34-18-32(22-38-23-34)35-9-4-27(14-26(35)2)24-40-10-12-41(13-11-40)33-7-5-31(6-8-33)36(42)39-25-37-19-28-15-29(20-37)17-30(16-28)21-37/h4-9,14,18,22-23,28-30H,3,10-13,15-17,19-21,24-25H2,1-2H3,(H,39,42). The maximum Gasteiger partial charge on any atom is 0.251 e. The van der Waals surface area contributed by atoms with Crippen LogP contribution in [0.15, 0.2) is 60.9 Å². The lowest BCUT2D eigenvalue weighted by atomic mass is 9.49. The minimum Gasteiger partial charge on any atom is -0.492 e. The number of piperazine rings is 1. The van der Waals surface area contributed by atoms with Crippen molar-refractivity contribution in [2.75, 3.05) is 44.2 Å². The summed E-state index contributed by atoms with van der Waals surface area (Å²) in [7, 11) is 0. The molecule has 2 aromatic carbocycles. The number of carbonyl (C=O) groups excluding carboxylic acids is 1. The monoisotopic (exact) mass is 578 g/mol. The van der Waals surface area contributed by atoms with E-state index in [-0.39, 0.29) is 5.91 Å². The normalized spacial score (nSPS) is 26.5. The number of pyridine rings is 1. The summed E-state index contributed by atoms with van der Waals surface area (Å²) in [4.78, 5) is 22.4. The Morgan fingerprint density at radius 1 is 0.930 bits per heavy atom. The Bertz CT molecular complexity index is 1410. The van der Waals surface area contributed by atoms with Gasteiger partial charge in [-0.05, 0) is 123 Å². The van der Waals surface area contributed by atoms with E-state index in [2.05, 4.69) is 63.4 Å². The summed E-state index contributed by atoms with van der Waals surface area (Å²) in [6.45, 7) is 10.6. The molecule has 2 heterocycles. The second-order valence-electron chi connectivity index (χ2n) is 13.9. The van der Waals surface area contributed by atoms with E-state index < -0.39 is 0 Å². The first kappa shape index (κ1) is 28.4. The van der Waals surface area contributed by atoms with Crippen molar-refractivity contribution in [3.05, 3.63) is 77.6 Å². The number of nitrogens with zero attached hydrogens (tertiary/aromatic N) is 3. The van der Waals surface area contributed by atoms with Crippen molar-refractivity contribution in [1.82, 2.24) is 15.2 Å². The molecule has 4 saturated carbocycles. The molecular formula is C37H46N4O2. The third-order valence-corrected chi connectivity index (χ3v) is 10.7. The minimum atomic E-state index is 0.0895. The van der Waals surface area contributed by atoms with Crippen LogP contribution in [0.5, 0.6) is 5.75 Å². The third kappa shape index (κ3) is 6.17. The highest BCUT2D eigenvalue weighted by atomic mass is 16.5. The largest absolute Gasteiger partial charge is 0.492 e. The molecule has 3 aromatic rings. The van der Waals surface area contributed by atoms with Crippen LogP contribution in [0, 0.1) is 30.1 Å². The lowest BCUT2D eigenvalue weighted by molar-refractivity contribution is -0.0503. The van der Waals surface area contributed by atoms with Crippen LogP contribution < -0.4 is 15.0 Å². The van der Waals surface area contributed by atoms with Crippen molar-refractivity contribution in [3.8, 4) is 16.9 Å². The van der Waals surface area contributed by atoms with Crippen molar-refractivity contribution >= 4 is 11.6 Å². The Balaban J connectivity index is 0.900. The molecule has 1 aromatic heterocycles. The molecular weight excluding hydrogens is 532 g/mol. The summed E-state index contributed by atoms with van der Waals surface area (Å²) >= 11 is 0. The van der Waals surface area contributed by atoms with Crippen molar-refractivity contribution in [3.63, 3.8) is 0 Å². The molecule has 0 unspecified atom stereocenters. The molecule has 1 N–H and O–H groups in total. The molecule has 1 saturated heterocycles. The smallest absolute Gasteiger partial charge is 0.251 e. The number of benzene rings is 2. The predicted molar refractivity (Wildman–Crippen MR) is 172 cm³/mol. The van der Waals surface area contributed by atoms with Crippen molar-refractivity contribution in [1.29, 1.82) is 0 Å². The van der Waals surface area contributed by atoms with Gasteiger partial charge in [0.25, 0.3) is 5.91 Å². The molecule has 0 radical (unpaired) electrons. The van der Waals surface area contributed by atoms with Crippen LogP contribution in [0.3, 0.4) is 0 Å². The third-order valence-electron chi connectivity index (χ3n) is 10.7. The molecule has 4 bridgehead atoms. The Kier molecular flexibility index (Phi) is 7.89. The average Bonchev–Trinajstić information content (AvgIpc) is 3.00. The number of carbonyl (C=O) groups is 1. The fraction of sp³-hybridized carbons (Fsp3) is 0.514. The molecule has 0 spiro atoms. The SMILES string of the molecule is CCOc1cncc(-c2ccc(CN3CCN(c4ccc(C(=O)NCC56CC7CC(CC(C7)C5)C6)cc4)CC3)cc2C)c1. The lowest BCUT2D eigenvalue weighted by Gasteiger charge is -2.56. The molecule has 226 valence electrons. The second kappa shape index (κ2) is 12.0. The molecule has 0 atom stereocenters. The van der Waals surface area contributed by atoms with E-state index in [1.165, 1.54) is 60.9 Å². The van der Waals surface area contributed by atoms with Gasteiger partial charge in [-0.15, -0.1) is 0 Å². The molecule has 5 fully saturated rings. The van der Waals surface area contributed by atoms with Gasteiger partial charge < -0.3 is 15.0 Å². The number of ether oxygens (including phenoxy) is 1. The van der Waals surface area contributed by atoms with E-state index in [1.807, 2.05) is 25.3 Å². The first-order valence-electron chi connectivity index (χ1n) is 16.5. The van der Waals surface area contributed by atoms with E-state index >= 15 is 0 Å². The predicted octanol–water partition coefficient (Wildman–Crippen LogP) is 6.72. The Labute approximate surface area is 256 Å². The van der Waals surface area contributed by atoms with Gasteiger partial charge in [-0.2, -0.15) is 0 Å². The van der Waals surface area contributed by atoms with Crippen molar-refractivity contribution < 1.29 is 9.53 Å². The Hall–Kier alpha value is -3.38. The number of aryl methyl sites for hydroxylation is 1. The van der Waals surface area contributed by atoms with Crippen molar-refractivity contribution in [2.24, 2.45) is 23.2 Å². The highest BCUT2D eigenvalue weighted by Crippen LogP contribution is 2.59. The first-order valence-corrected chi connectivity index (χ1v) is 16.5. The highest BCUT2D eigenvalue weighted by molar-refractivity contribution is 5.94. The van der Waals surface area contributed by atoms with E-state index in [4.69, 9.17) is 4.74 Å². The van der Waals surface area contributed by atoms with Crippen LogP contribution in [-0.2, 0) is 6.54 Å². The molecule has 1 aliphatic heterocycles. The van der Waals surface area contributed by atoms with Gasteiger partial charge in [0.05, 0.1) is 12.8 Å². The van der Waals surface area contributed by atoms with Gasteiger partial charge in [-0.25, -0.2) is 0 Å². The number of aromatic nitrogens is 1. The van der Waals surface area contributed by atoms with E-state index in [0.29, 0.717) is 12.0 Å². The summed E-state index contributed by atoms with van der Waals surface area (Å²) in [5, 5.41) is 3.34. The molecule has 43 heavy (non-hydrogen) atoms. The van der Waals surface area contributed by atoms with Crippen LogP contribution in [0.1, 0.15) is 66.9 Å². The second-order valence-corrected chi connectivity index (χ2v) is 13.9. The van der Waals surface area contributed by atoms with Crippen LogP contribution in [0.4, 0.5) is 5.69 Å². The molecule has 8 rings (SSSR count). The average molecular weight is 579 g/mol. The number of nitrogens with one attached hydrogen (secondary N) is 1. The number of rotatable bonds is 9. The molecule has 4 aliphatic carbocycles. The molecule has 6 heteroatoms. The number of amides is 1. The fourth-order valence-electron chi connectivity index (χ4n) is 9.08. The van der Waals surface area contributed by atoms with Gasteiger partial charge in [-0.1, -0.05) is 18.2 Å². The van der Waals surface area contributed by atoms with E-state index in [1.54, 1.807) is 6.20 Å². The topological polar surface area (TPSA) is 57.7 Å². The lowest BCUT2D eigenvalue weighted by Crippen LogP contribution is -2.51. The van der Waals surface area contributed by atoms with Gasteiger partial charge in [-0.3, -0.25) is 14.7 Å². The van der Waals surface area contributed by atoms with E-state index in [0.717, 1.165) is 73.9 Å². The fourth-order valence-corrected chi connectivity index (χ4v) is 9.08. The first-order chi connectivity index (χ1) is 20.9. The van der Waals surface area contributed by atoms with Crippen LogP contribution in [0.2, 0.25) is 0 Å². The number of hydrogen-bond acceptors (Lipinski definition) is 5. The maximum absolute atomic E-state index is 13.1. The van der Waals surface area contributed by atoms with Gasteiger partial charge in [0.1, 0.15) is 5.75 Å². The zero-order valence-corrected chi connectivity index (χ0v) is 25.9. The minimum absolute atomic E-state index is 0.0895. The summed E-state index contributed by atoms with van der Waals surface area (Å²) < 4.78 is 5.64. The Morgan fingerprint density at radius 3 is 2.28 bits per heavy atom.